The SMILES string of the molecule is CC(C)(C)OC(=O)N[C@@H](C1=COCCO1)c1nc2ccc(C(F)(F)F)cc2[nH]1. The average molecular weight is 399 g/mol. The first-order chi connectivity index (χ1) is 13.0. The van der Waals surface area contributed by atoms with E-state index in [1.165, 1.54) is 12.3 Å². The molecule has 0 fully saturated rings. The van der Waals surface area contributed by atoms with Crippen LogP contribution < -0.4 is 5.32 Å². The number of nitrogens with one attached hydrogen (secondary N) is 2. The Morgan fingerprint density at radius 1 is 1.29 bits per heavy atom. The van der Waals surface area contributed by atoms with Crippen LogP contribution in [0.3, 0.4) is 0 Å². The number of hydrogen-bond donors (Lipinski definition) is 2. The second-order valence-electron chi connectivity index (χ2n) is 7.17. The molecule has 2 N–H and O–H groups in total. The first-order valence-corrected chi connectivity index (χ1v) is 8.54. The molecule has 0 aliphatic carbocycles. The van der Waals surface area contributed by atoms with Gasteiger partial charge >= 0.3 is 12.3 Å². The summed E-state index contributed by atoms with van der Waals surface area (Å²) in [7, 11) is 0. The van der Waals surface area contributed by atoms with E-state index in [-0.39, 0.29) is 23.7 Å². The highest BCUT2D eigenvalue weighted by Crippen LogP contribution is 2.32. The van der Waals surface area contributed by atoms with Gasteiger partial charge in [-0.25, -0.2) is 9.78 Å². The minimum absolute atomic E-state index is 0.179. The monoisotopic (exact) mass is 399 g/mol. The number of aromatic amines is 1. The Labute approximate surface area is 158 Å². The van der Waals surface area contributed by atoms with Gasteiger partial charge in [-0.2, -0.15) is 13.2 Å². The minimum atomic E-state index is -4.48. The van der Waals surface area contributed by atoms with Crippen molar-refractivity contribution in [3.8, 4) is 0 Å². The lowest BCUT2D eigenvalue weighted by Crippen LogP contribution is -2.37. The standard InChI is InChI=1S/C18H20F3N3O4/c1-17(2,3)28-16(25)24-14(13-9-26-6-7-27-13)15-22-11-5-4-10(18(19,20)21)8-12(11)23-15/h4-5,8-9,14H,6-7H2,1-3H3,(H,22,23)(H,24,25)/t14-/m0/s1. The zero-order valence-electron chi connectivity index (χ0n) is 15.5. The quantitative estimate of drug-likeness (QED) is 0.814. The van der Waals surface area contributed by atoms with Gasteiger partial charge in [0.05, 0.1) is 16.6 Å². The lowest BCUT2D eigenvalue weighted by atomic mass is 10.2. The molecule has 1 aliphatic rings. The van der Waals surface area contributed by atoms with E-state index in [0.29, 0.717) is 12.1 Å². The van der Waals surface area contributed by atoms with Gasteiger partial charge in [0.1, 0.15) is 30.9 Å². The zero-order valence-corrected chi connectivity index (χ0v) is 15.5. The number of fused-ring (bicyclic) bond motifs is 1. The third-order valence-electron chi connectivity index (χ3n) is 3.72. The highest BCUT2D eigenvalue weighted by molar-refractivity contribution is 5.76. The Balaban J connectivity index is 1.95. The van der Waals surface area contributed by atoms with Crippen LogP contribution in [-0.4, -0.2) is 34.9 Å². The van der Waals surface area contributed by atoms with Crippen molar-refractivity contribution in [1.82, 2.24) is 15.3 Å². The lowest BCUT2D eigenvalue weighted by molar-refractivity contribution is -0.137. The third-order valence-corrected chi connectivity index (χ3v) is 3.72. The number of alkyl carbamates (subject to hydrolysis) is 1. The highest BCUT2D eigenvalue weighted by Gasteiger charge is 2.32. The van der Waals surface area contributed by atoms with Crippen LogP contribution in [-0.2, 0) is 20.4 Å². The molecule has 0 saturated carbocycles. The molecule has 1 aromatic carbocycles. The number of nitrogens with zero attached hydrogens (tertiary/aromatic N) is 1. The summed E-state index contributed by atoms with van der Waals surface area (Å²) >= 11 is 0. The van der Waals surface area contributed by atoms with E-state index in [9.17, 15) is 18.0 Å². The van der Waals surface area contributed by atoms with Crippen LogP contribution in [0.5, 0.6) is 0 Å². The fourth-order valence-electron chi connectivity index (χ4n) is 2.58. The molecule has 0 radical (unpaired) electrons. The molecule has 2 heterocycles. The predicted molar refractivity (Wildman–Crippen MR) is 93.2 cm³/mol. The Morgan fingerprint density at radius 3 is 2.64 bits per heavy atom. The topological polar surface area (TPSA) is 85.5 Å². The number of alkyl halides is 3. The summed E-state index contributed by atoms with van der Waals surface area (Å²) in [5.74, 6) is 0.448. The Hall–Kier alpha value is -2.91. The number of H-pyrrole nitrogens is 1. The van der Waals surface area contributed by atoms with E-state index in [1.54, 1.807) is 20.8 Å². The van der Waals surface area contributed by atoms with Gasteiger partial charge in [0.2, 0.25) is 0 Å². The maximum absolute atomic E-state index is 12.9. The molecule has 1 atom stereocenters. The second kappa shape index (κ2) is 7.25. The Bertz CT molecular complexity index is 900. The first-order valence-electron chi connectivity index (χ1n) is 8.54. The van der Waals surface area contributed by atoms with Gasteiger partial charge in [-0.15, -0.1) is 0 Å². The molecule has 3 rings (SSSR count). The van der Waals surface area contributed by atoms with Crippen LogP contribution in [0, 0.1) is 0 Å². The van der Waals surface area contributed by atoms with E-state index in [1.807, 2.05) is 0 Å². The number of carbonyl (C=O) groups is 1. The molecule has 0 saturated heterocycles. The summed E-state index contributed by atoms with van der Waals surface area (Å²) in [6.07, 6.45) is -3.87. The Morgan fingerprint density at radius 2 is 2.04 bits per heavy atom. The van der Waals surface area contributed by atoms with Gasteiger partial charge in [-0.1, -0.05) is 0 Å². The van der Waals surface area contributed by atoms with Gasteiger partial charge in [-0.05, 0) is 39.0 Å². The second-order valence-corrected chi connectivity index (χ2v) is 7.17. The predicted octanol–water partition coefficient (Wildman–Crippen LogP) is 4.04. The molecular weight excluding hydrogens is 379 g/mol. The number of ether oxygens (including phenoxy) is 3. The maximum atomic E-state index is 12.9. The molecule has 28 heavy (non-hydrogen) atoms. The molecule has 10 heteroatoms. The normalized spacial score (nSPS) is 16.0. The maximum Gasteiger partial charge on any atom is 0.416 e. The molecule has 1 aliphatic heterocycles. The van der Waals surface area contributed by atoms with Crippen LogP contribution >= 0.6 is 0 Å². The molecule has 0 spiro atoms. The smallest absolute Gasteiger partial charge is 0.416 e. The van der Waals surface area contributed by atoms with Gasteiger partial charge in [0.15, 0.2) is 11.8 Å². The van der Waals surface area contributed by atoms with Crippen molar-refractivity contribution in [3.05, 3.63) is 41.6 Å². The number of aromatic nitrogens is 2. The average Bonchev–Trinajstić information content (AvgIpc) is 3.01. The molecule has 0 bridgehead atoms. The van der Waals surface area contributed by atoms with Crippen molar-refractivity contribution in [2.24, 2.45) is 0 Å². The summed E-state index contributed by atoms with van der Waals surface area (Å²) in [6.45, 7) is 5.73. The number of benzene rings is 1. The number of carbonyl (C=O) groups excluding carboxylic acids is 1. The van der Waals surface area contributed by atoms with Crippen molar-refractivity contribution >= 4 is 17.1 Å². The molecule has 1 aromatic heterocycles. The first kappa shape index (κ1) is 19.8. The molecule has 0 unspecified atom stereocenters. The van der Waals surface area contributed by atoms with E-state index in [4.69, 9.17) is 14.2 Å². The molecular formula is C18H20F3N3O4. The molecule has 1 amide bonds. The number of amides is 1. The van der Waals surface area contributed by atoms with Crippen molar-refractivity contribution in [3.63, 3.8) is 0 Å². The van der Waals surface area contributed by atoms with E-state index in [2.05, 4.69) is 15.3 Å². The Kier molecular flexibility index (Phi) is 5.14. The van der Waals surface area contributed by atoms with Crippen LogP contribution in [0.25, 0.3) is 11.0 Å². The number of halogens is 3. The van der Waals surface area contributed by atoms with Crippen molar-refractivity contribution in [2.45, 2.75) is 38.6 Å². The van der Waals surface area contributed by atoms with Crippen molar-refractivity contribution in [1.29, 1.82) is 0 Å². The molecule has 152 valence electrons. The molecule has 7 nitrogen and oxygen atoms in total. The van der Waals surface area contributed by atoms with Crippen molar-refractivity contribution < 1.29 is 32.2 Å². The van der Waals surface area contributed by atoms with Crippen LogP contribution in [0.1, 0.15) is 38.2 Å². The van der Waals surface area contributed by atoms with Gasteiger partial charge in [0, 0.05) is 0 Å². The van der Waals surface area contributed by atoms with E-state index < -0.39 is 29.5 Å². The van der Waals surface area contributed by atoms with Crippen LogP contribution in [0.4, 0.5) is 18.0 Å². The van der Waals surface area contributed by atoms with Crippen molar-refractivity contribution in [2.75, 3.05) is 13.2 Å². The zero-order chi connectivity index (χ0) is 20.5. The van der Waals surface area contributed by atoms with E-state index >= 15 is 0 Å². The summed E-state index contributed by atoms with van der Waals surface area (Å²) in [5.41, 5.74) is -1.04. The number of rotatable bonds is 3. The lowest BCUT2D eigenvalue weighted by Gasteiger charge is -2.25. The van der Waals surface area contributed by atoms with Gasteiger partial charge in [0.25, 0.3) is 0 Å². The molecule has 2 aromatic rings. The van der Waals surface area contributed by atoms with E-state index in [0.717, 1.165) is 12.1 Å². The van der Waals surface area contributed by atoms with Crippen LogP contribution in [0.15, 0.2) is 30.2 Å². The summed E-state index contributed by atoms with van der Waals surface area (Å²) in [6, 6.07) is 2.25. The largest absolute Gasteiger partial charge is 0.494 e. The fraction of sp³-hybridized carbons (Fsp3) is 0.444. The van der Waals surface area contributed by atoms with Crippen LogP contribution in [0.2, 0.25) is 0 Å². The summed E-state index contributed by atoms with van der Waals surface area (Å²) < 4.78 is 54.9. The third kappa shape index (κ3) is 4.68. The van der Waals surface area contributed by atoms with Gasteiger partial charge in [-0.3, -0.25) is 0 Å². The van der Waals surface area contributed by atoms with Gasteiger partial charge < -0.3 is 24.5 Å². The number of imidazole rings is 1. The highest BCUT2D eigenvalue weighted by atomic mass is 19.4. The summed E-state index contributed by atoms with van der Waals surface area (Å²) in [5, 5.41) is 2.61. The number of hydrogen-bond acceptors (Lipinski definition) is 5. The minimum Gasteiger partial charge on any atom is -0.494 e. The fourth-order valence-corrected chi connectivity index (χ4v) is 2.58. The summed E-state index contributed by atoms with van der Waals surface area (Å²) in [4.78, 5) is 19.3.